The van der Waals surface area contributed by atoms with Crippen molar-refractivity contribution in [2.24, 2.45) is 0 Å². The molecule has 0 saturated heterocycles. The normalized spacial score (nSPS) is 10.6. The van der Waals surface area contributed by atoms with Gasteiger partial charge in [-0.1, -0.05) is 17.8 Å². The topological polar surface area (TPSA) is 77.2 Å². The molecule has 6 nitrogen and oxygen atoms in total. The van der Waals surface area contributed by atoms with E-state index in [1.807, 2.05) is 26.0 Å². The Hall–Kier alpha value is -2.87. The highest BCUT2D eigenvalue weighted by atomic mass is 32.2. The first-order valence-electron chi connectivity index (χ1n) is 8.19. The number of anilines is 1. The summed E-state index contributed by atoms with van der Waals surface area (Å²) in [6, 6.07) is 11.5. The van der Waals surface area contributed by atoms with Crippen LogP contribution in [-0.4, -0.2) is 21.9 Å². The van der Waals surface area contributed by atoms with Crippen molar-refractivity contribution in [2.75, 3.05) is 11.1 Å². The number of nitrogens with zero attached hydrogens (tertiary/aromatic N) is 2. The summed E-state index contributed by atoms with van der Waals surface area (Å²) in [6.07, 6.45) is 0. The average Bonchev–Trinajstić information content (AvgIpc) is 3.07. The maximum atomic E-state index is 12.9. The number of amides is 1. The zero-order chi connectivity index (χ0) is 19.2. The molecule has 3 rings (SSSR count). The molecule has 0 radical (unpaired) electrons. The van der Waals surface area contributed by atoms with Crippen LogP contribution in [0.25, 0.3) is 0 Å². The molecule has 1 N–H and O–H groups in total. The van der Waals surface area contributed by atoms with Crippen molar-refractivity contribution in [3.8, 4) is 5.75 Å². The van der Waals surface area contributed by atoms with Crippen molar-refractivity contribution < 1.29 is 18.3 Å². The first kappa shape index (κ1) is 18.9. The first-order valence-corrected chi connectivity index (χ1v) is 9.18. The fraction of sp³-hybridized carbons (Fsp3) is 0.211. The maximum Gasteiger partial charge on any atom is 0.277 e. The van der Waals surface area contributed by atoms with Crippen LogP contribution < -0.4 is 10.1 Å². The van der Waals surface area contributed by atoms with Crippen LogP contribution in [0.4, 0.5) is 10.1 Å². The minimum Gasteiger partial charge on any atom is -0.484 e. The van der Waals surface area contributed by atoms with E-state index in [2.05, 4.69) is 21.6 Å². The summed E-state index contributed by atoms with van der Waals surface area (Å²) in [5, 5.41) is 10.7. The third kappa shape index (κ3) is 5.82. The highest BCUT2D eigenvalue weighted by molar-refractivity contribution is 7.99. The van der Waals surface area contributed by atoms with Crippen LogP contribution in [0.2, 0.25) is 0 Å². The molecule has 0 aliphatic heterocycles. The standard InChI is InChI=1S/C19H18FN3O3S/c1-12-7-13(2)9-16(8-12)25-10-18-22-23-19(26-18)27-11-17(24)21-15-5-3-14(20)4-6-15/h3-9H,10-11H2,1-2H3,(H,21,24). The zero-order valence-corrected chi connectivity index (χ0v) is 15.7. The van der Waals surface area contributed by atoms with E-state index in [1.54, 1.807) is 0 Å². The largest absolute Gasteiger partial charge is 0.484 e. The Bertz CT molecular complexity index is 908. The van der Waals surface area contributed by atoms with Gasteiger partial charge in [0, 0.05) is 5.69 Å². The van der Waals surface area contributed by atoms with Crippen molar-refractivity contribution in [3.63, 3.8) is 0 Å². The molecule has 140 valence electrons. The van der Waals surface area contributed by atoms with E-state index in [4.69, 9.17) is 9.15 Å². The lowest BCUT2D eigenvalue weighted by molar-refractivity contribution is -0.113. The number of halogens is 1. The number of hydrogen-bond donors (Lipinski definition) is 1. The summed E-state index contributed by atoms with van der Waals surface area (Å²) >= 11 is 1.12. The molecule has 8 heteroatoms. The van der Waals surface area contributed by atoms with Crippen molar-refractivity contribution in [3.05, 3.63) is 65.3 Å². The smallest absolute Gasteiger partial charge is 0.277 e. The Kier molecular flexibility index (Phi) is 6.08. The number of aryl methyl sites for hydroxylation is 2. The molecule has 0 bridgehead atoms. The molecule has 0 spiro atoms. The number of hydrogen-bond acceptors (Lipinski definition) is 6. The monoisotopic (exact) mass is 387 g/mol. The lowest BCUT2D eigenvalue weighted by Crippen LogP contribution is -2.13. The van der Waals surface area contributed by atoms with E-state index >= 15 is 0 Å². The van der Waals surface area contributed by atoms with Gasteiger partial charge in [0.05, 0.1) is 5.75 Å². The van der Waals surface area contributed by atoms with E-state index < -0.39 is 0 Å². The molecule has 0 saturated carbocycles. The second-order valence-corrected chi connectivity index (χ2v) is 6.84. The molecular formula is C19H18FN3O3S. The molecule has 1 aromatic heterocycles. The predicted molar refractivity (Wildman–Crippen MR) is 100 cm³/mol. The summed E-state index contributed by atoms with van der Waals surface area (Å²) < 4.78 is 24.0. The van der Waals surface area contributed by atoms with Gasteiger partial charge in [0.25, 0.3) is 11.1 Å². The molecule has 0 unspecified atom stereocenters. The third-order valence-corrected chi connectivity index (χ3v) is 4.28. The van der Waals surface area contributed by atoms with Crippen molar-refractivity contribution in [1.82, 2.24) is 10.2 Å². The van der Waals surface area contributed by atoms with Gasteiger partial charge in [-0.05, 0) is 61.4 Å². The van der Waals surface area contributed by atoms with Crippen molar-refractivity contribution in [1.29, 1.82) is 0 Å². The lowest BCUT2D eigenvalue weighted by Gasteiger charge is -2.05. The van der Waals surface area contributed by atoms with Crippen LogP contribution in [0.15, 0.2) is 52.1 Å². The number of benzene rings is 2. The van der Waals surface area contributed by atoms with Gasteiger partial charge in [-0.3, -0.25) is 4.79 Å². The van der Waals surface area contributed by atoms with Gasteiger partial charge < -0.3 is 14.5 Å². The molecule has 0 aliphatic carbocycles. The predicted octanol–water partition coefficient (Wildman–Crippen LogP) is 4.14. The number of ether oxygens (including phenoxy) is 1. The molecule has 1 amide bonds. The average molecular weight is 387 g/mol. The lowest BCUT2D eigenvalue weighted by atomic mass is 10.1. The molecule has 1 heterocycles. The van der Waals surface area contributed by atoms with Crippen LogP contribution in [0.1, 0.15) is 17.0 Å². The van der Waals surface area contributed by atoms with Crippen LogP contribution >= 0.6 is 11.8 Å². The number of aromatic nitrogens is 2. The van der Waals surface area contributed by atoms with Crippen molar-refractivity contribution in [2.45, 2.75) is 25.7 Å². The molecule has 3 aromatic rings. The van der Waals surface area contributed by atoms with E-state index in [-0.39, 0.29) is 29.3 Å². The van der Waals surface area contributed by atoms with Gasteiger partial charge >= 0.3 is 0 Å². The number of carbonyl (C=O) groups is 1. The molecular weight excluding hydrogens is 369 g/mol. The van der Waals surface area contributed by atoms with E-state index in [9.17, 15) is 9.18 Å². The highest BCUT2D eigenvalue weighted by Gasteiger charge is 2.11. The summed E-state index contributed by atoms with van der Waals surface area (Å²) in [7, 11) is 0. The van der Waals surface area contributed by atoms with Gasteiger partial charge in [-0.25, -0.2) is 4.39 Å². The summed E-state index contributed by atoms with van der Waals surface area (Å²) in [5.41, 5.74) is 2.74. The van der Waals surface area contributed by atoms with Gasteiger partial charge in [-0.15, -0.1) is 10.2 Å². The Balaban J connectivity index is 1.47. The van der Waals surface area contributed by atoms with Gasteiger partial charge in [0.2, 0.25) is 5.91 Å². The fourth-order valence-electron chi connectivity index (χ4n) is 2.37. The molecule has 0 atom stereocenters. The van der Waals surface area contributed by atoms with Crippen LogP contribution in [-0.2, 0) is 11.4 Å². The minimum absolute atomic E-state index is 0.0942. The molecule has 2 aromatic carbocycles. The highest BCUT2D eigenvalue weighted by Crippen LogP contribution is 2.20. The Morgan fingerprint density at radius 1 is 1.15 bits per heavy atom. The summed E-state index contributed by atoms with van der Waals surface area (Å²) in [5.74, 6) is 0.549. The fourth-order valence-corrected chi connectivity index (χ4v) is 2.95. The van der Waals surface area contributed by atoms with Gasteiger partial charge in [-0.2, -0.15) is 0 Å². The second kappa shape index (κ2) is 8.68. The Morgan fingerprint density at radius 2 is 1.85 bits per heavy atom. The summed E-state index contributed by atoms with van der Waals surface area (Å²) in [4.78, 5) is 11.9. The van der Waals surface area contributed by atoms with Crippen LogP contribution in [0.5, 0.6) is 5.75 Å². The molecule has 27 heavy (non-hydrogen) atoms. The van der Waals surface area contributed by atoms with Crippen molar-refractivity contribution >= 4 is 23.4 Å². The molecule has 0 aliphatic rings. The van der Waals surface area contributed by atoms with Gasteiger partial charge in [0.15, 0.2) is 6.61 Å². The molecule has 0 fully saturated rings. The second-order valence-electron chi connectivity index (χ2n) is 5.92. The maximum absolute atomic E-state index is 12.9. The van der Waals surface area contributed by atoms with E-state index in [1.165, 1.54) is 24.3 Å². The quantitative estimate of drug-likeness (QED) is 0.614. The Labute approximate surface area is 160 Å². The number of thioether (sulfide) groups is 1. The van der Waals surface area contributed by atoms with E-state index in [0.717, 1.165) is 28.6 Å². The SMILES string of the molecule is Cc1cc(C)cc(OCc2nnc(SCC(=O)Nc3ccc(F)cc3)o2)c1. The first-order chi connectivity index (χ1) is 13.0. The Morgan fingerprint density at radius 3 is 2.56 bits per heavy atom. The van der Waals surface area contributed by atoms with Crippen LogP contribution in [0, 0.1) is 19.7 Å². The summed E-state index contributed by atoms with van der Waals surface area (Å²) in [6.45, 7) is 4.15. The van der Waals surface area contributed by atoms with Gasteiger partial charge in [0.1, 0.15) is 11.6 Å². The number of rotatable bonds is 7. The minimum atomic E-state index is -0.358. The zero-order valence-electron chi connectivity index (χ0n) is 14.9. The van der Waals surface area contributed by atoms with E-state index in [0.29, 0.717) is 11.6 Å². The van der Waals surface area contributed by atoms with Crippen LogP contribution in [0.3, 0.4) is 0 Å². The third-order valence-electron chi connectivity index (χ3n) is 3.46. The number of nitrogens with one attached hydrogen (secondary N) is 1. The number of carbonyl (C=O) groups excluding carboxylic acids is 1.